The zero-order chi connectivity index (χ0) is 19.4. The van der Waals surface area contributed by atoms with Crippen molar-refractivity contribution in [3.63, 3.8) is 0 Å². The van der Waals surface area contributed by atoms with E-state index in [9.17, 15) is 8.42 Å². The molecule has 5 aliphatic rings. The molecule has 4 fully saturated rings. The molecule has 154 valence electrons. The van der Waals surface area contributed by atoms with Gasteiger partial charge in [-0.1, -0.05) is 0 Å². The smallest absolute Gasteiger partial charge is 0.240 e. The molecule has 1 aromatic carbocycles. The Bertz CT molecular complexity index is 817. The maximum atomic E-state index is 12.7. The molecule has 1 aliphatic heterocycles. The fourth-order valence-electron chi connectivity index (χ4n) is 6.15. The second kappa shape index (κ2) is 6.89. The topological polar surface area (TPSA) is 73.9 Å². The number of ether oxygens (including phenoxy) is 3. The summed E-state index contributed by atoms with van der Waals surface area (Å²) in [4.78, 5) is 0.193. The number of benzene rings is 1. The lowest BCUT2D eigenvalue weighted by molar-refractivity contribution is -0.182. The predicted octanol–water partition coefficient (Wildman–Crippen LogP) is 3.11. The first-order valence-corrected chi connectivity index (χ1v) is 12.0. The second-order valence-corrected chi connectivity index (χ2v) is 11.0. The Hall–Kier alpha value is -1.31. The average Bonchev–Trinajstić information content (AvgIpc) is 2.64. The normalized spacial score (nSPS) is 34.4. The first-order chi connectivity index (χ1) is 13.4. The van der Waals surface area contributed by atoms with Gasteiger partial charge in [0.1, 0.15) is 13.2 Å². The van der Waals surface area contributed by atoms with E-state index in [2.05, 4.69) is 4.72 Å². The van der Waals surface area contributed by atoms with E-state index in [-0.39, 0.29) is 23.1 Å². The minimum atomic E-state index is -3.62. The van der Waals surface area contributed by atoms with Crippen molar-refractivity contribution in [2.45, 2.75) is 62.0 Å². The zero-order valence-electron chi connectivity index (χ0n) is 16.4. The van der Waals surface area contributed by atoms with Crippen molar-refractivity contribution < 1.29 is 22.6 Å². The lowest BCUT2D eigenvalue weighted by Crippen LogP contribution is -2.53. The average molecular weight is 408 g/mol. The molecule has 28 heavy (non-hydrogen) atoms. The first-order valence-electron chi connectivity index (χ1n) is 10.5. The highest BCUT2D eigenvalue weighted by atomic mass is 32.2. The summed E-state index contributed by atoms with van der Waals surface area (Å²) in [7, 11) is -3.62. The predicted molar refractivity (Wildman–Crippen MR) is 104 cm³/mol. The summed E-state index contributed by atoms with van der Waals surface area (Å²) in [6.07, 6.45) is 7.41. The van der Waals surface area contributed by atoms with Crippen LogP contribution in [0.3, 0.4) is 0 Å². The Morgan fingerprint density at radius 3 is 2.32 bits per heavy atom. The molecule has 0 spiro atoms. The zero-order valence-corrected chi connectivity index (χ0v) is 17.2. The van der Waals surface area contributed by atoms with Crippen molar-refractivity contribution in [2.24, 2.45) is 17.8 Å². The molecule has 4 bridgehead atoms. The SMILES string of the molecule is C[C@H](CNS(=O)(=O)c1ccc2c(c1)OCCO2)OC12CC3CC(CC(C3)C1)C2. The summed E-state index contributed by atoms with van der Waals surface area (Å²) < 4.78 is 45.6. The van der Waals surface area contributed by atoms with E-state index >= 15 is 0 Å². The van der Waals surface area contributed by atoms with Crippen LogP contribution in [0.2, 0.25) is 0 Å². The Morgan fingerprint density at radius 2 is 1.68 bits per heavy atom. The van der Waals surface area contributed by atoms with Crippen LogP contribution in [0.5, 0.6) is 11.5 Å². The van der Waals surface area contributed by atoms with Crippen molar-refractivity contribution in [3.8, 4) is 11.5 Å². The van der Waals surface area contributed by atoms with Crippen LogP contribution in [-0.4, -0.2) is 39.9 Å². The van der Waals surface area contributed by atoms with Crippen molar-refractivity contribution in [1.82, 2.24) is 4.72 Å². The van der Waals surface area contributed by atoms with E-state index in [1.165, 1.54) is 25.3 Å². The van der Waals surface area contributed by atoms with E-state index in [1.807, 2.05) is 6.92 Å². The van der Waals surface area contributed by atoms with E-state index < -0.39 is 10.0 Å². The number of nitrogens with one attached hydrogen (secondary N) is 1. The summed E-state index contributed by atoms with van der Waals surface area (Å²) in [5, 5.41) is 0. The highest BCUT2D eigenvalue weighted by Gasteiger charge is 2.52. The standard InChI is InChI=1S/C21H29NO5S/c1-14(27-21-10-15-6-16(11-21)8-17(7-15)12-21)13-22-28(23,24)18-2-3-19-20(9-18)26-5-4-25-19/h2-3,9,14-17,22H,4-8,10-13H2,1H3/t14-,15?,16?,17?,21?/m1/s1. The highest BCUT2D eigenvalue weighted by molar-refractivity contribution is 7.89. The summed E-state index contributed by atoms with van der Waals surface area (Å²) in [5.74, 6) is 3.50. The van der Waals surface area contributed by atoms with Crippen LogP contribution in [-0.2, 0) is 14.8 Å². The van der Waals surface area contributed by atoms with Gasteiger partial charge in [-0.25, -0.2) is 13.1 Å². The van der Waals surface area contributed by atoms with E-state index in [1.54, 1.807) is 12.1 Å². The Labute approximate surface area is 167 Å². The fourth-order valence-corrected chi connectivity index (χ4v) is 7.28. The van der Waals surface area contributed by atoms with Crippen LogP contribution in [0.1, 0.15) is 45.4 Å². The van der Waals surface area contributed by atoms with Crippen LogP contribution in [0.15, 0.2) is 23.1 Å². The third-order valence-electron chi connectivity index (χ3n) is 6.82. The number of sulfonamides is 1. The van der Waals surface area contributed by atoms with E-state index in [0.29, 0.717) is 24.7 Å². The number of fused-ring (bicyclic) bond motifs is 1. The van der Waals surface area contributed by atoms with Gasteiger partial charge in [0.25, 0.3) is 0 Å². The summed E-state index contributed by atoms with van der Waals surface area (Å²) in [6.45, 7) is 3.17. The Kier molecular flexibility index (Phi) is 4.60. The van der Waals surface area contributed by atoms with E-state index in [0.717, 1.165) is 37.0 Å². The lowest BCUT2D eigenvalue weighted by Gasteiger charge is -2.57. The number of rotatable bonds is 6. The molecule has 1 N–H and O–H groups in total. The van der Waals surface area contributed by atoms with Gasteiger partial charge in [-0.2, -0.15) is 0 Å². The third kappa shape index (κ3) is 3.53. The van der Waals surface area contributed by atoms with Crippen molar-refractivity contribution >= 4 is 10.0 Å². The van der Waals surface area contributed by atoms with Gasteiger partial charge < -0.3 is 14.2 Å². The Balaban J connectivity index is 1.22. The van der Waals surface area contributed by atoms with E-state index in [4.69, 9.17) is 14.2 Å². The van der Waals surface area contributed by atoms with Crippen molar-refractivity contribution in [1.29, 1.82) is 0 Å². The summed E-state index contributed by atoms with van der Waals surface area (Å²) in [5.41, 5.74) is -0.0173. The van der Waals surface area contributed by atoms with Crippen molar-refractivity contribution in [3.05, 3.63) is 18.2 Å². The minimum absolute atomic E-state index is 0.0173. The molecule has 1 aromatic rings. The molecule has 1 heterocycles. The quantitative estimate of drug-likeness (QED) is 0.784. The van der Waals surface area contributed by atoms with Gasteiger partial charge in [0.05, 0.1) is 16.6 Å². The van der Waals surface area contributed by atoms with Crippen molar-refractivity contribution in [2.75, 3.05) is 19.8 Å². The third-order valence-corrected chi connectivity index (χ3v) is 8.24. The van der Waals surface area contributed by atoms with Gasteiger partial charge in [-0.05, 0) is 75.3 Å². The largest absolute Gasteiger partial charge is 0.486 e. The molecule has 0 saturated heterocycles. The summed E-state index contributed by atoms with van der Waals surface area (Å²) >= 11 is 0. The van der Waals surface area contributed by atoms with Crippen LogP contribution in [0, 0.1) is 17.8 Å². The molecule has 0 amide bonds. The van der Waals surface area contributed by atoms with Gasteiger partial charge in [0.15, 0.2) is 11.5 Å². The first kappa shape index (κ1) is 18.7. The molecule has 6 rings (SSSR count). The maximum absolute atomic E-state index is 12.7. The molecule has 7 heteroatoms. The molecule has 6 nitrogen and oxygen atoms in total. The van der Waals surface area contributed by atoms with Gasteiger partial charge in [-0.15, -0.1) is 0 Å². The molecular formula is C21H29NO5S. The van der Waals surface area contributed by atoms with Crippen LogP contribution < -0.4 is 14.2 Å². The van der Waals surface area contributed by atoms with Gasteiger partial charge in [0, 0.05) is 12.6 Å². The van der Waals surface area contributed by atoms with Gasteiger partial charge >= 0.3 is 0 Å². The lowest BCUT2D eigenvalue weighted by atomic mass is 9.54. The second-order valence-electron chi connectivity index (χ2n) is 9.19. The van der Waals surface area contributed by atoms with Gasteiger partial charge in [-0.3, -0.25) is 0 Å². The molecule has 0 aromatic heterocycles. The van der Waals surface area contributed by atoms with Gasteiger partial charge in [0.2, 0.25) is 10.0 Å². The summed E-state index contributed by atoms with van der Waals surface area (Å²) in [6, 6.07) is 4.74. The fraction of sp³-hybridized carbons (Fsp3) is 0.714. The minimum Gasteiger partial charge on any atom is -0.486 e. The number of hydrogen-bond donors (Lipinski definition) is 1. The van der Waals surface area contributed by atoms with Crippen LogP contribution in [0.25, 0.3) is 0 Å². The molecule has 4 saturated carbocycles. The molecular weight excluding hydrogens is 378 g/mol. The number of hydrogen-bond acceptors (Lipinski definition) is 5. The maximum Gasteiger partial charge on any atom is 0.240 e. The molecule has 1 atom stereocenters. The van der Waals surface area contributed by atoms with Crippen LogP contribution in [0.4, 0.5) is 0 Å². The molecule has 0 unspecified atom stereocenters. The molecule has 4 aliphatic carbocycles. The Morgan fingerprint density at radius 1 is 1.07 bits per heavy atom. The highest BCUT2D eigenvalue weighted by Crippen LogP contribution is 2.57. The van der Waals surface area contributed by atoms with Crippen LogP contribution >= 0.6 is 0 Å². The molecule has 0 radical (unpaired) electrons. The monoisotopic (exact) mass is 407 g/mol.